The third-order valence-electron chi connectivity index (χ3n) is 3.87. The van der Waals surface area contributed by atoms with E-state index in [1.807, 2.05) is 26.0 Å². The molecule has 1 amide bonds. The molecule has 3 N–H and O–H groups in total. The lowest BCUT2D eigenvalue weighted by Crippen LogP contribution is -2.35. The maximum atomic E-state index is 12.8. The Labute approximate surface area is 141 Å². The third-order valence-corrected chi connectivity index (χ3v) is 3.87. The van der Waals surface area contributed by atoms with E-state index in [-0.39, 0.29) is 12.5 Å². The number of benzene rings is 2. The molecule has 0 spiro atoms. The van der Waals surface area contributed by atoms with Crippen molar-refractivity contribution in [1.82, 2.24) is 0 Å². The van der Waals surface area contributed by atoms with Crippen molar-refractivity contribution in [3.63, 3.8) is 0 Å². The predicted molar refractivity (Wildman–Crippen MR) is 94.9 cm³/mol. The molecule has 0 aliphatic heterocycles. The molecule has 0 heterocycles. The van der Waals surface area contributed by atoms with Crippen molar-refractivity contribution in [2.45, 2.75) is 26.2 Å². The Morgan fingerprint density at radius 1 is 1.08 bits per heavy atom. The van der Waals surface area contributed by atoms with E-state index in [1.165, 1.54) is 0 Å². The average Bonchev–Trinajstić information content (AvgIpc) is 2.56. The van der Waals surface area contributed by atoms with Gasteiger partial charge in [0.25, 0.3) is 0 Å². The second-order valence-electron chi connectivity index (χ2n) is 5.97. The smallest absolute Gasteiger partial charge is 0.340 e. The number of anilines is 2. The summed E-state index contributed by atoms with van der Waals surface area (Å²) in [6.07, 6.45) is 0. The number of ether oxygens (including phenoxy) is 1. The molecule has 5 heteroatoms. The van der Waals surface area contributed by atoms with Crippen molar-refractivity contribution >= 4 is 23.3 Å². The Morgan fingerprint density at radius 3 is 2.33 bits per heavy atom. The summed E-state index contributed by atoms with van der Waals surface area (Å²) >= 11 is 0. The topological polar surface area (TPSA) is 81.4 Å². The maximum Gasteiger partial charge on any atom is 0.340 e. The van der Waals surface area contributed by atoms with Crippen molar-refractivity contribution in [2.75, 3.05) is 17.7 Å². The van der Waals surface area contributed by atoms with Crippen LogP contribution in [-0.2, 0) is 14.9 Å². The summed E-state index contributed by atoms with van der Waals surface area (Å²) in [5, 5.41) is 2.83. The Balaban J connectivity index is 2.26. The molecular weight excluding hydrogens is 304 g/mol. The molecule has 0 unspecified atom stereocenters. The van der Waals surface area contributed by atoms with Gasteiger partial charge in [-0.2, -0.15) is 0 Å². The van der Waals surface area contributed by atoms with Crippen LogP contribution in [0.4, 0.5) is 11.4 Å². The number of nitrogen functional groups attached to an aromatic ring is 1. The van der Waals surface area contributed by atoms with Gasteiger partial charge in [0.1, 0.15) is 0 Å². The van der Waals surface area contributed by atoms with Crippen LogP contribution in [-0.4, -0.2) is 18.5 Å². The molecule has 0 aliphatic rings. The molecule has 0 saturated heterocycles. The number of para-hydroxylation sites is 1. The van der Waals surface area contributed by atoms with E-state index in [4.69, 9.17) is 10.5 Å². The lowest BCUT2D eigenvalue weighted by atomic mass is 9.83. The second kappa shape index (κ2) is 7.17. The molecule has 0 aliphatic carbocycles. The molecule has 24 heavy (non-hydrogen) atoms. The first-order valence-corrected chi connectivity index (χ1v) is 7.80. The molecule has 0 radical (unpaired) electrons. The van der Waals surface area contributed by atoms with Crippen LogP contribution >= 0.6 is 0 Å². The van der Waals surface area contributed by atoms with Crippen LogP contribution in [0.5, 0.6) is 0 Å². The number of carbonyl (C=O) groups excluding carboxylic acids is 2. The normalized spacial score (nSPS) is 11.0. The van der Waals surface area contributed by atoms with E-state index < -0.39 is 11.4 Å². The fraction of sp³-hybridized carbons (Fsp3) is 0.263. The molecule has 0 fully saturated rings. The van der Waals surface area contributed by atoms with E-state index in [9.17, 15) is 9.59 Å². The highest BCUT2D eigenvalue weighted by Gasteiger charge is 2.30. The molecule has 126 valence electrons. The van der Waals surface area contributed by atoms with Crippen molar-refractivity contribution in [3.05, 3.63) is 59.7 Å². The minimum atomic E-state index is -0.782. The maximum absolute atomic E-state index is 12.8. The number of nitrogens with two attached hydrogens (primary N) is 1. The van der Waals surface area contributed by atoms with Crippen LogP contribution in [0.1, 0.15) is 36.7 Å². The number of hydrogen-bond donors (Lipinski definition) is 2. The highest BCUT2D eigenvalue weighted by molar-refractivity contribution is 6.04. The van der Waals surface area contributed by atoms with Crippen molar-refractivity contribution in [1.29, 1.82) is 0 Å². The zero-order valence-corrected chi connectivity index (χ0v) is 14.1. The SMILES string of the molecule is CCOC(=O)c1ccccc1NC(=O)C(C)(C)c1ccc(N)cc1. The van der Waals surface area contributed by atoms with E-state index in [0.717, 1.165) is 5.56 Å². The highest BCUT2D eigenvalue weighted by Crippen LogP contribution is 2.27. The van der Waals surface area contributed by atoms with Crippen LogP contribution in [0.3, 0.4) is 0 Å². The molecule has 2 aromatic rings. The molecule has 0 bridgehead atoms. The molecule has 2 aromatic carbocycles. The Bertz CT molecular complexity index is 737. The number of esters is 1. The fourth-order valence-corrected chi connectivity index (χ4v) is 2.29. The van der Waals surface area contributed by atoms with Crippen molar-refractivity contribution in [2.24, 2.45) is 0 Å². The Hall–Kier alpha value is -2.82. The molecule has 5 nitrogen and oxygen atoms in total. The summed E-state index contributed by atoms with van der Waals surface area (Å²) in [4.78, 5) is 24.8. The van der Waals surface area contributed by atoms with Gasteiger partial charge < -0.3 is 15.8 Å². The predicted octanol–water partition coefficient (Wildman–Crippen LogP) is 3.36. The van der Waals surface area contributed by atoms with Gasteiger partial charge in [-0.3, -0.25) is 4.79 Å². The number of rotatable bonds is 5. The number of hydrogen-bond acceptors (Lipinski definition) is 4. The first-order chi connectivity index (χ1) is 11.4. The monoisotopic (exact) mass is 326 g/mol. The van der Waals surface area contributed by atoms with Crippen LogP contribution in [0, 0.1) is 0 Å². The summed E-state index contributed by atoms with van der Waals surface area (Å²) in [5.74, 6) is -0.678. The molecular formula is C19H22N2O3. The standard InChI is InChI=1S/C19H22N2O3/c1-4-24-17(22)15-7-5-6-8-16(15)21-18(23)19(2,3)13-9-11-14(20)12-10-13/h5-12H,4,20H2,1-3H3,(H,21,23). The van der Waals surface area contributed by atoms with Gasteiger partial charge in [-0.15, -0.1) is 0 Å². The van der Waals surface area contributed by atoms with Crippen LogP contribution in [0.15, 0.2) is 48.5 Å². The summed E-state index contributed by atoms with van der Waals surface area (Å²) in [6, 6.07) is 14.0. The fourth-order valence-electron chi connectivity index (χ4n) is 2.29. The minimum absolute atomic E-state index is 0.219. The van der Waals surface area contributed by atoms with Gasteiger partial charge >= 0.3 is 5.97 Å². The second-order valence-corrected chi connectivity index (χ2v) is 5.97. The van der Waals surface area contributed by atoms with Crippen LogP contribution < -0.4 is 11.1 Å². The highest BCUT2D eigenvalue weighted by atomic mass is 16.5. The van der Waals surface area contributed by atoms with E-state index in [1.54, 1.807) is 43.3 Å². The molecule has 0 atom stereocenters. The zero-order valence-electron chi connectivity index (χ0n) is 14.1. The number of nitrogens with one attached hydrogen (secondary N) is 1. The summed E-state index contributed by atoms with van der Waals surface area (Å²) in [6.45, 7) is 5.66. The lowest BCUT2D eigenvalue weighted by molar-refractivity contribution is -0.120. The Morgan fingerprint density at radius 2 is 1.71 bits per heavy atom. The van der Waals surface area contributed by atoms with E-state index in [2.05, 4.69) is 5.32 Å². The van der Waals surface area contributed by atoms with Gasteiger partial charge in [0, 0.05) is 5.69 Å². The van der Waals surface area contributed by atoms with Gasteiger partial charge in [-0.25, -0.2) is 4.79 Å². The summed E-state index contributed by atoms with van der Waals surface area (Å²) < 4.78 is 5.03. The van der Waals surface area contributed by atoms with Crippen molar-refractivity contribution in [3.8, 4) is 0 Å². The first-order valence-electron chi connectivity index (χ1n) is 7.80. The van der Waals surface area contributed by atoms with Crippen LogP contribution in [0.25, 0.3) is 0 Å². The largest absolute Gasteiger partial charge is 0.462 e. The number of carbonyl (C=O) groups is 2. The van der Waals surface area contributed by atoms with Gasteiger partial charge in [-0.05, 0) is 50.6 Å². The Kier molecular flexibility index (Phi) is 5.24. The van der Waals surface area contributed by atoms with Gasteiger partial charge in [0.05, 0.1) is 23.3 Å². The van der Waals surface area contributed by atoms with Gasteiger partial charge in [0.15, 0.2) is 0 Å². The quantitative estimate of drug-likeness (QED) is 0.652. The lowest BCUT2D eigenvalue weighted by Gasteiger charge is -2.25. The summed E-state index contributed by atoms with van der Waals surface area (Å²) in [5.41, 5.74) is 7.16. The molecule has 2 rings (SSSR count). The average molecular weight is 326 g/mol. The third kappa shape index (κ3) is 3.74. The molecule has 0 saturated carbocycles. The van der Waals surface area contributed by atoms with E-state index in [0.29, 0.717) is 16.9 Å². The van der Waals surface area contributed by atoms with Gasteiger partial charge in [-0.1, -0.05) is 24.3 Å². The van der Waals surface area contributed by atoms with Gasteiger partial charge in [0.2, 0.25) is 5.91 Å². The number of amides is 1. The van der Waals surface area contributed by atoms with E-state index >= 15 is 0 Å². The first kappa shape index (κ1) is 17.5. The minimum Gasteiger partial charge on any atom is -0.462 e. The van der Waals surface area contributed by atoms with Crippen LogP contribution in [0.2, 0.25) is 0 Å². The molecule has 0 aromatic heterocycles. The summed E-state index contributed by atoms with van der Waals surface area (Å²) in [7, 11) is 0. The zero-order chi connectivity index (χ0) is 17.7. The van der Waals surface area contributed by atoms with Crippen molar-refractivity contribution < 1.29 is 14.3 Å².